The lowest BCUT2D eigenvalue weighted by atomic mass is 10.3. The number of ether oxygens (including phenoxy) is 1. The van der Waals surface area contributed by atoms with Crippen LogP contribution in [-0.4, -0.2) is 11.6 Å². The molecule has 0 atom stereocenters. The molecule has 0 unspecified atom stereocenters. The Morgan fingerprint density at radius 2 is 2.06 bits per heavy atom. The monoisotopic (exact) mass is 234 g/mol. The van der Waals surface area contributed by atoms with E-state index in [2.05, 4.69) is 4.98 Å². The number of nitrogens with two attached hydrogens (primary N) is 1. The minimum atomic E-state index is 0.518. The molecule has 4 heteroatoms. The molecule has 0 aliphatic heterocycles. The molecule has 2 N–H and O–H groups in total. The summed E-state index contributed by atoms with van der Waals surface area (Å²) in [5, 5.41) is 3.02. The maximum Gasteiger partial charge on any atom is 0.119 e. The van der Waals surface area contributed by atoms with Crippen LogP contribution in [0.1, 0.15) is 10.7 Å². The Morgan fingerprint density at radius 3 is 2.75 bits per heavy atom. The van der Waals surface area contributed by atoms with Crippen LogP contribution in [0, 0.1) is 0 Å². The van der Waals surface area contributed by atoms with Crippen LogP contribution in [0.4, 0.5) is 0 Å². The molecule has 3 nitrogen and oxygen atoms in total. The van der Waals surface area contributed by atoms with Crippen molar-refractivity contribution in [1.29, 1.82) is 0 Å². The van der Waals surface area contributed by atoms with Crippen LogP contribution >= 0.6 is 11.3 Å². The van der Waals surface area contributed by atoms with Gasteiger partial charge in [-0.05, 0) is 12.1 Å². The second-order valence-electron chi connectivity index (χ2n) is 3.35. The van der Waals surface area contributed by atoms with Gasteiger partial charge in [-0.1, -0.05) is 18.2 Å². The first-order chi connectivity index (χ1) is 7.88. The number of hydrogen-bond donors (Lipinski definition) is 1. The molecule has 0 amide bonds. The summed E-state index contributed by atoms with van der Waals surface area (Å²) in [5.74, 6) is 0.900. The average Bonchev–Trinajstić information content (AvgIpc) is 2.78. The Balaban J connectivity index is 1.80. The number of para-hydroxylation sites is 1. The molecule has 1 aromatic carbocycles. The molecule has 0 spiro atoms. The van der Waals surface area contributed by atoms with Crippen LogP contribution in [0.15, 0.2) is 35.7 Å². The van der Waals surface area contributed by atoms with Crippen LogP contribution in [0.3, 0.4) is 0 Å². The zero-order valence-electron chi connectivity index (χ0n) is 8.93. The number of benzene rings is 1. The average molecular weight is 234 g/mol. The number of aromatic nitrogens is 1. The molecule has 2 rings (SSSR count). The minimum absolute atomic E-state index is 0.518. The lowest BCUT2D eigenvalue weighted by molar-refractivity contribution is 0.320. The van der Waals surface area contributed by atoms with Crippen molar-refractivity contribution in [2.45, 2.75) is 13.0 Å². The molecule has 0 bridgehead atoms. The van der Waals surface area contributed by atoms with Gasteiger partial charge in [0.2, 0.25) is 0 Å². The largest absolute Gasteiger partial charge is 0.493 e. The van der Waals surface area contributed by atoms with E-state index in [4.69, 9.17) is 10.5 Å². The Labute approximate surface area is 98.9 Å². The van der Waals surface area contributed by atoms with Gasteiger partial charge in [-0.15, -0.1) is 11.3 Å². The van der Waals surface area contributed by atoms with Crippen molar-refractivity contribution < 1.29 is 4.74 Å². The Bertz CT molecular complexity index is 428. The fraction of sp³-hybridized carbons (Fsp3) is 0.250. The summed E-state index contributed by atoms with van der Waals surface area (Å²) in [5.41, 5.74) is 6.56. The van der Waals surface area contributed by atoms with Gasteiger partial charge >= 0.3 is 0 Å². The van der Waals surface area contributed by atoms with E-state index in [-0.39, 0.29) is 0 Å². The fourth-order valence-electron chi connectivity index (χ4n) is 1.35. The Hall–Kier alpha value is -1.39. The quantitative estimate of drug-likeness (QED) is 0.863. The Kier molecular flexibility index (Phi) is 3.91. The van der Waals surface area contributed by atoms with E-state index in [9.17, 15) is 0 Å². The molecule has 0 radical (unpaired) electrons. The van der Waals surface area contributed by atoms with Gasteiger partial charge in [0.1, 0.15) is 10.8 Å². The molecule has 0 saturated heterocycles. The summed E-state index contributed by atoms with van der Waals surface area (Å²) in [6, 6.07) is 9.80. The third-order valence-electron chi connectivity index (χ3n) is 2.14. The maximum atomic E-state index is 5.59. The molecule has 1 heterocycles. The minimum Gasteiger partial charge on any atom is -0.493 e. The van der Waals surface area contributed by atoms with E-state index >= 15 is 0 Å². The third kappa shape index (κ3) is 3.05. The van der Waals surface area contributed by atoms with Gasteiger partial charge in [0.05, 0.1) is 12.3 Å². The lowest BCUT2D eigenvalue weighted by Crippen LogP contribution is -2.02. The van der Waals surface area contributed by atoms with E-state index in [0.717, 1.165) is 22.9 Å². The number of nitrogens with zero attached hydrogens (tertiary/aromatic N) is 1. The molecule has 0 fully saturated rings. The highest BCUT2D eigenvalue weighted by molar-refractivity contribution is 7.09. The van der Waals surface area contributed by atoms with Gasteiger partial charge in [0, 0.05) is 18.3 Å². The van der Waals surface area contributed by atoms with Gasteiger partial charge in [-0.25, -0.2) is 4.98 Å². The molecule has 0 aliphatic rings. The predicted molar refractivity (Wildman–Crippen MR) is 65.6 cm³/mol. The van der Waals surface area contributed by atoms with E-state index in [0.29, 0.717) is 13.2 Å². The van der Waals surface area contributed by atoms with Crippen LogP contribution in [0.5, 0.6) is 5.75 Å². The summed E-state index contributed by atoms with van der Waals surface area (Å²) >= 11 is 1.60. The molecule has 84 valence electrons. The predicted octanol–water partition coefficient (Wildman–Crippen LogP) is 2.22. The second kappa shape index (κ2) is 5.63. The molecule has 16 heavy (non-hydrogen) atoms. The topological polar surface area (TPSA) is 48.1 Å². The van der Waals surface area contributed by atoms with Gasteiger partial charge in [-0.2, -0.15) is 0 Å². The highest BCUT2D eigenvalue weighted by atomic mass is 32.1. The molecular weight excluding hydrogens is 220 g/mol. The van der Waals surface area contributed by atoms with E-state index in [1.807, 2.05) is 35.7 Å². The summed E-state index contributed by atoms with van der Waals surface area (Å²) in [6.07, 6.45) is 0.825. The number of hydrogen-bond acceptors (Lipinski definition) is 4. The lowest BCUT2D eigenvalue weighted by Gasteiger charge is -2.03. The SMILES string of the molecule is NCc1nc(CCOc2ccccc2)cs1. The standard InChI is InChI=1S/C12H14N2OS/c13-8-12-14-10(9-16-12)6-7-15-11-4-2-1-3-5-11/h1-5,9H,6-8,13H2. The van der Waals surface area contributed by atoms with Crippen molar-refractivity contribution in [3.05, 3.63) is 46.4 Å². The summed E-state index contributed by atoms with van der Waals surface area (Å²) in [4.78, 5) is 4.37. The van der Waals surface area contributed by atoms with Crippen molar-refractivity contribution in [3.63, 3.8) is 0 Å². The third-order valence-corrected chi connectivity index (χ3v) is 3.06. The molecule has 1 aromatic heterocycles. The van der Waals surface area contributed by atoms with Crippen LogP contribution < -0.4 is 10.5 Å². The maximum absolute atomic E-state index is 5.59. The zero-order valence-corrected chi connectivity index (χ0v) is 9.74. The fourth-order valence-corrected chi connectivity index (χ4v) is 2.06. The van der Waals surface area contributed by atoms with Crippen molar-refractivity contribution in [2.75, 3.05) is 6.61 Å². The normalized spacial score (nSPS) is 10.3. The molecule has 2 aromatic rings. The van der Waals surface area contributed by atoms with Crippen molar-refractivity contribution in [2.24, 2.45) is 5.73 Å². The van der Waals surface area contributed by atoms with E-state index in [1.165, 1.54) is 0 Å². The van der Waals surface area contributed by atoms with Crippen molar-refractivity contribution >= 4 is 11.3 Å². The van der Waals surface area contributed by atoms with Gasteiger partial charge in [0.25, 0.3) is 0 Å². The van der Waals surface area contributed by atoms with E-state index in [1.54, 1.807) is 11.3 Å². The molecule has 0 aliphatic carbocycles. The summed E-state index contributed by atoms with van der Waals surface area (Å²) < 4.78 is 5.59. The van der Waals surface area contributed by atoms with Crippen LogP contribution in [0.2, 0.25) is 0 Å². The highest BCUT2D eigenvalue weighted by Crippen LogP contribution is 2.11. The number of rotatable bonds is 5. The molecular formula is C12H14N2OS. The van der Waals surface area contributed by atoms with Gasteiger partial charge < -0.3 is 10.5 Å². The summed E-state index contributed by atoms with van der Waals surface area (Å²) in [6.45, 7) is 1.17. The molecule has 0 saturated carbocycles. The van der Waals surface area contributed by atoms with Crippen LogP contribution in [0.25, 0.3) is 0 Å². The van der Waals surface area contributed by atoms with E-state index < -0.39 is 0 Å². The first kappa shape index (κ1) is 11.1. The first-order valence-electron chi connectivity index (χ1n) is 5.19. The zero-order chi connectivity index (χ0) is 11.2. The van der Waals surface area contributed by atoms with Gasteiger partial charge in [0.15, 0.2) is 0 Å². The second-order valence-corrected chi connectivity index (χ2v) is 4.29. The summed E-state index contributed by atoms with van der Waals surface area (Å²) in [7, 11) is 0. The highest BCUT2D eigenvalue weighted by Gasteiger charge is 2.00. The Morgan fingerprint density at radius 1 is 1.25 bits per heavy atom. The van der Waals surface area contributed by atoms with Crippen molar-refractivity contribution in [3.8, 4) is 5.75 Å². The van der Waals surface area contributed by atoms with Gasteiger partial charge in [-0.3, -0.25) is 0 Å². The first-order valence-corrected chi connectivity index (χ1v) is 6.07. The van der Waals surface area contributed by atoms with Crippen molar-refractivity contribution in [1.82, 2.24) is 4.98 Å². The van der Waals surface area contributed by atoms with Crippen LogP contribution in [-0.2, 0) is 13.0 Å². The number of thiazole rings is 1. The smallest absolute Gasteiger partial charge is 0.119 e.